The van der Waals surface area contributed by atoms with Crippen molar-refractivity contribution in [2.45, 2.75) is 58.7 Å². The molecular weight excluding hydrogens is 224 g/mol. The van der Waals surface area contributed by atoms with E-state index in [2.05, 4.69) is 51.6 Å². The molecule has 1 N–H and O–H groups in total. The molecule has 0 amide bonds. The first kappa shape index (κ1) is 15.9. The van der Waals surface area contributed by atoms with Gasteiger partial charge in [-0.2, -0.15) is 0 Å². The van der Waals surface area contributed by atoms with Gasteiger partial charge in [-0.05, 0) is 52.2 Å². The highest BCUT2D eigenvalue weighted by Gasteiger charge is 2.37. The molecule has 0 radical (unpaired) electrons. The van der Waals surface area contributed by atoms with E-state index in [1.807, 2.05) is 0 Å². The van der Waals surface area contributed by atoms with E-state index in [1.54, 1.807) is 0 Å². The molecule has 0 saturated heterocycles. The molecule has 0 bridgehead atoms. The molecule has 18 heavy (non-hydrogen) atoms. The SMILES string of the molecule is CCN(C(C)CN(C)C)C1C(C)CC(C)CC1O. The maximum absolute atomic E-state index is 10.4. The van der Waals surface area contributed by atoms with E-state index in [0.29, 0.717) is 23.9 Å². The molecule has 3 nitrogen and oxygen atoms in total. The Balaban J connectivity index is 2.73. The van der Waals surface area contributed by atoms with Crippen molar-refractivity contribution in [2.75, 3.05) is 27.2 Å². The number of nitrogens with zero attached hydrogens (tertiary/aromatic N) is 2. The maximum Gasteiger partial charge on any atom is 0.0700 e. The molecule has 108 valence electrons. The molecule has 0 aromatic carbocycles. The summed E-state index contributed by atoms with van der Waals surface area (Å²) in [4.78, 5) is 4.73. The Bertz CT molecular complexity index is 233. The largest absolute Gasteiger partial charge is 0.391 e. The topological polar surface area (TPSA) is 26.7 Å². The third-order valence-electron chi connectivity index (χ3n) is 4.34. The Hall–Kier alpha value is -0.120. The second-order valence-corrected chi connectivity index (χ2v) is 6.55. The number of aliphatic hydroxyl groups is 1. The summed E-state index contributed by atoms with van der Waals surface area (Å²) in [5.74, 6) is 1.25. The Kier molecular flexibility index (Phi) is 6.09. The average molecular weight is 256 g/mol. The number of hydrogen-bond acceptors (Lipinski definition) is 3. The van der Waals surface area contributed by atoms with Crippen LogP contribution >= 0.6 is 0 Å². The fraction of sp³-hybridized carbons (Fsp3) is 1.00. The van der Waals surface area contributed by atoms with Crippen molar-refractivity contribution in [3.05, 3.63) is 0 Å². The van der Waals surface area contributed by atoms with Crippen LogP contribution in [0.4, 0.5) is 0 Å². The average Bonchev–Trinajstić information content (AvgIpc) is 2.21. The summed E-state index contributed by atoms with van der Waals surface area (Å²) in [6, 6.07) is 0.835. The molecule has 5 unspecified atom stereocenters. The number of rotatable bonds is 5. The molecule has 1 fully saturated rings. The summed E-state index contributed by atoms with van der Waals surface area (Å²) in [5, 5.41) is 10.4. The quantitative estimate of drug-likeness (QED) is 0.815. The van der Waals surface area contributed by atoms with Crippen molar-refractivity contribution in [1.82, 2.24) is 9.80 Å². The van der Waals surface area contributed by atoms with Crippen molar-refractivity contribution in [3.8, 4) is 0 Å². The van der Waals surface area contributed by atoms with Crippen LogP contribution in [0.2, 0.25) is 0 Å². The zero-order valence-corrected chi connectivity index (χ0v) is 13.1. The van der Waals surface area contributed by atoms with Crippen LogP contribution in [-0.2, 0) is 0 Å². The first-order valence-electron chi connectivity index (χ1n) is 7.45. The summed E-state index contributed by atoms with van der Waals surface area (Å²) in [6.07, 6.45) is 2.04. The van der Waals surface area contributed by atoms with Gasteiger partial charge in [0.15, 0.2) is 0 Å². The van der Waals surface area contributed by atoms with Crippen molar-refractivity contribution in [2.24, 2.45) is 11.8 Å². The fourth-order valence-electron chi connectivity index (χ4n) is 3.80. The van der Waals surface area contributed by atoms with Gasteiger partial charge in [0.05, 0.1) is 6.10 Å². The molecule has 1 rings (SSSR count). The fourth-order valence-corrected chi connectivity index (χ4v) is 3.80. The van der Waals surface area contributed by atoms with E-state index in [0.717, 1.165) is 19.5 Å². The predicted molar refractivity (Wildman–Crippen MR) is 77.8 cm³/mol. The van der Waals surface area contributed by atoms with Gasteiger partial charge in [0, 0.05) is 18.6 Å². The van der Waals surface area contributed by atoms with Crippen LogP contribution in [0.5, 0.6) is 0 Å². The van der Waals surface area contributed by atoms with Crippen molar-refractivity contribution in [1.29, 1.82) is 0 Å². The maximum atomic E-state index is 10.4. The van der Waals surface area contributed by atoms with E-state index in [-0.39, 0.29) is 6.10 Å². The Morgan fingerprint density at radius 3 is 2.28 bits per heavy atom. The minimum absolute atomic E-state index is 0.159. The highest BCUT2D eigenvalue weighted by Crippen LogP contribution is 2.33. The third-order valence-corrected chi connectivity index (χ3v) is 4.34. The minimum Gasteiger partial charge on any atom is -0.391 e. The monoisotopic (exact) mass is 256 g/mol. The lowest BCUT2D eigenvalue weighted by atomic mass is 9.77. The number of likely N-dealkylation sites (N-methyl/N-ethyl adjacent to an activating group) is 2. The lowest BCUT2D eigenvalue weighted by molar-refractivity contribution is -0.0402. The molecule has 1 aliphatic carbocycles. The first-order chi connectivity index (χ1) is 8.36. The van der Waals surface area contributed by atoms with Crippen LogP contribution in [0.1, 0.15) is 40.5 Å². The highest BCUT2D eigenvalue weighted by molar-refractivity contribution is 4.91. The zero-order valence-electron chi connectivity index (χ0n) is 13.1. The molecule has 0 aromatic rings. The summed E-state index contributed by atoms with van der Waals surface area (Å²) < 4.78 is 0. The van der Waals surface area contributed by atoms with Gasteiger partial charge in [0.25, 0.3) is 0 Å². The first-order valence-corrected chi connectivity index (χ1v) is 7.45. The molecule has 0 heterocycles. The van der Waals surface area contributed by atoms with Crippen LogP contribution in [0.15, 0.2) is 0 Å². The normalized spacial score (nSPS) is 35.2. The van der Waals surface area contributed by atoms with Crippen molar-refractivity contribution >= 4 is 0 Å². The number of aliphatic hydroxyl groups excluding tert-OH is 1. The lowest BCUT2D eigenvalue weighted by Crippen LogP contribution is -2.56. The lowest BCUT2D eigenvalue weighted by Gasteiger charge is -2.46. The molecule has 1 saturated carbocycles. The van der Waals surface area contributed by atoms with Crippen LogP contribution in [-0.4, -0.2) is 60.3 Å². The molecule has 3 heteroatoms. The van der Waals surface area contributed by atoms with Gasteiger partial charge in [-0.25, -0.2) is 0 Å². The standard InChI is InChI=1S/C15H32N2O/c1-7-17(13(4)10-16(5)6)15-12(3)8-11(2)9-14(15)18/h11-15,18H,7-10H2,1-6H3. The highest BCUT2D eigenvalue weighted by atomic mass is 16.3. The van der Waals surface area contributed by atoms with Crippen LogP contribution < -0.4 is 0 Å². The third kappa shape index (κ3) is 3.94. The van der Waals surface area contributed by atoms with Crippen LogP contribution in [0.3, 0.4) is 0 Å². The van der Waals surface area contributed by atoms with E-state index in [9.17, 15) is 5.11 Å². The van der Waals surface area contributed by atoms with Gasteiger partial charge in [-0.3, -0.25) is 4.90 Å². The van der Waals surface area contributed by atoms with Crippen molar-refractivity contribution < 1.29 is 5.11 Å². The van der Waals surface area contributed by atoms with Crippen LogP contribution in [0, 0.1) is 11.8 Å². The Labute approximate surface area is 113 Å². The van der Waals surface area contributed by atoms with Gasteiger partial charge in [0.2, 0.25) is 0 Å². The summed E-state index contributed by atoms with van der Waals surface area (Å²) in [7, 11) is 4.24. The minimum atomic E-state index is -0.159. The van der Waals surface area contributed by atoms with E-state index in [4.69, 9.17) is 0 Å². The molecule has 0 aliphatic heterocycles. The summed E-state index contributed by atoms with van der Waals surface area (Å²) >= 11 is 0. The molecule has 5 atom stereocenters. The van der Waals surface area contributed by atoms with Gasteiger partial charge >= 0.3 is 0 Å². The number of hydrogen-bond donors (Lipinski definition) is 1. The Morgan fingerprint density at radius 2 is 1.83 bits per heavy atom. The zero-order chi connectivity index (χ0) is 13.9. The molecular formula is C15H32N2O. The van der Waals surface area contributed by atoms with E-state index in [1.165, 1.54) is 6.42 Å². The Morgan fingerprint density at radius 1 is 1.22 bits per heavy atom. The second-order valence-electron chi connectivity index (χ2n) is 6.55. The van der Waals surface area contributed by atoms with Crippen LogP contribution in [0.25, 0.3) is 0 Å². The van der Waals surface area contributed by atoms with Gasteiger partial charge in [0.1, 0.15) is 0 Å². The second kappa shape index (κ2) is 6.88. The van der Waals surface area contributed by atoms with Gasteiger partial charge < -0.3 is 10.0 Å². The summed E-state index contributed by atoms with van der Waals surface area (Å²) in [5.41, 5.74) is 0. The molecule has 1 aliphatic rings. The van der Waals surface area contributed by atoms with E-state index < -0.39 is 0 Å². The van der Waals surface area contributed by atoms with Gasteiger partial charge in [-0.15, -0.1) is 0 Å². The van der Waals surface area contributed by atoms with Gasteiger partial charge in [-0.1, -0.05) is 20.8 Å². The predicted octanol–water partition coefficient (Wildman–Crippen LogP) is 2.05. The molecule has 0 aromatic heterocycles. The van der Waals surface area contributed by atoms with Crippen molar-refractivity contribution in [3.63, 3.8) is 0 Å². The smallest absolute Gasteiger partial charge is 0.0700 e. The summed E-state index contributed by atoms with van der Waals surface area (Å²) in [6.45, 7) is 11.1. The molecule has 0 spiro atoms. The van der Waals surface area contributed by atoms with E-state index >= 15 is 0 Å².